The molecule has 4 nitrogen and oxygen atoms in total. The maximum absolute atomic E-state index is 11.4. The normalized spacial score (nSPS) is 15.2. The molecule has 0 amide bonds. The van der Waals surface area contributed by atoms with Crippen LogP contribution in [-0.2, 0) is 10.0 Å². The van der Waals surface area contributed by atoms with E-state index in [0.717, 1.165) is 25.9 Å². The van der Waals surface area contributed by atoms with Crippen LogP contribution >= 0.6 is 0 Å². The van der Waals surface area contributed by atoms with Crippen molar-refractivity contribution in [3.63, 3.8) is 0 Å². The lowest BCUT2D eigenvalue weighted by Gasteiger charge is -2.34. The van der Waals surface area contributed by atoms with Gasteiger partial charge in [-0.15, -0.1) is 0 Å². The molecule has 0 spiro atoms. The molecule has 19 heavy (non-hydrogen) atoms. The van der Waals surface area contributed by atoms with Crippen LogP contribution in [0.2, 0.25) is 0 Å². The largest absolute Gasteiger partial charge is 0.301 e. The van der Waals surface area contributed by atoms with Gasteiger partial charge < -0.3 is 4.90 Å². The Morgan fingerprint density at radius 2 is 1.74 bits per heavy atom. The van der Waals surface area contributed by atoms with Gasteiger partial charge in [0.05, 0.1) is 6.26 Å². The highest BCUT2D eigenvalue weighted by Crippen LogP contribution is 2.21. The highest BCUT2D eigenvalue weighted by Gasteiger charge is 2.26. The van der Waals surface area contributed by atoms with Crippen molar-refractivity contribution >= 4 is 10.0 Å². The predicted molar refractivity (Wildman–Crippen MR) is 82.8 cm³/mol. The summed E-state index contributed by atoms with van der Waals surface area (Å²) < 4.78 is 25.5. The third kappa shape index (κ3) is 8.60. The van der Waals surface area contributed by atoms with Crippen LogP contribution in [0.3, 0.4) is 0 Å². The van der Waals surface area contributed by atoms with Gasteiger partial charge in [-0.05, 0) is 46.6 Å². The fourth-order valence-corrected chi connectivity index (χ4v) is 3.73. The molecule has 0 rings (SSSR count). The van der Waals surface area contributed by atoms with Crippen LogP contribution in [-0.4, -0.2) is 44.2 Å². The summed E-state index contributed by atoms with van der Waals surface area (Å²) in [6.07, 6.45) is 3.15. The van der Waals surface area contributed by atoms with Crippen molar-refractivity contribution in [3.05, 3.63) is 0 Å². The summed E-state index contributed by atoms with van der Waals surface area (Å²) in [4.78, 5) is 2.44. The van der Waals surface area contributed by atoms with Gasteiger partial charge in [0.15, 0.2) is 0 Å². The third-order valence-electron chi connectivity index (χ3n) is 3.47. The average Bonchev–Trinajstić information content (AvgIpc) is 2.19. The Labute approximate surface area is 120 Å². The van der Waals surface area contributed by atoms with Gasteiger partial charge in [-0.2, -0.15) is 0 Å². The van der Waals surface area contributed by atoms with Crippen LogP contribution in [0.4, 0.5) is 0 Å². The molecule has 1 N–H and O–H groups in total. The zero-order valence-electron chi connectivity index (χ0n) is 13.7. The van der Waals surface area contributed by atoms with E-state index in [2.05, 4.69) is 37.3 Å². The van der Waals surface area contributed by atoms with Crippen molar-refractivity contribution in [1.82, 2.24) is 9.62 Å². The molecule has 0 heterocycles. The molecule has 1 unspecified atom stereocenters. The number of hydrogen-bond acceptors (Lipinski definition) is 3. The number of nitrogens with one attached hydrogen (secondary N) is 1. The Hall–Kier alpha value is -0.130. The third-order valence-corrected chi connectivity index (χ3v) is 4.39. The SMILES string of the molecule is CCC(CN(CC)C(C)C)CC(C)(C)NS(C)(=O)=O. The number of rotatable bonds is 9. The van der Waals surface area contributed by atoms with E-state index in [1.54, 1.807) is 0 Å². The zero-order chi connectivity index (χ0) is 15.3. The molecule has 1 atom stereocenters. The molecule has 0 radical (unpaired) electrons. The van der Waals surface area contributed by atoms with Crippen molar-refractivity contribution in [2.75, 3.05) is 19.3 Å². The van der Waals surface area contributed by atoms with Crippen molar-refractivity contribution in [2.24, 2.45) is 5.92 Å². The molecule has 0 fully saturated rings. The van der Waals surface area contributed by atoms with Crippen molar-refractivity contribution in [1.29, 1.82) is 0 Å². The highest BCUT2D eigenvalue weighted by molar-refractivity contribution is 7.88. The molecule has 116 valence electrons. The van der Waals surface area contributed by atoms with Gasteiger partial charge >= 0.3 is 0 Å². The first-order chi connectivity index (χ1) is 8.50. The van der Waals surface area contributed by atoms with Crippen LogP contribution < -0.4 is 4.72 Å². The van der Waals surface area contributed by atoms with Gasteiger partial charge in [0.2, 0.25) is 10.0 Å². The Balaban J connectivity index is 4.63. The molecular weight excluding hydrogens is 260 g/mol. The van der Waals surface area contributed by atoms with E-state index in [9.17, 15) is 8.42 Å². The van der Waals surface area contributed by atoms with E-state index in [-0.39, 0.29) is 5.54 Å². The van der Waals surface area contributed by atoms with E-state index in [0.29, 0.717) is 12.0 Å². The molecule has 0 saturated carbocycles. The number of sulfonamides is 1. The second-order valence-corrected chi connectivity index (χ2v) is 8.17. The maximum atomic E-state index is 11.4. The second kappa shape index (κ2) is 7.60. The summed E-state index contributed by atoms with van der Waals surface area (Å²) >= 11 is 0. The van der Waals surface area contributed by atoms with Gasteiger partial charge in [-0.25, -0.2) is 13.1 Å². The van der Waals surface area contributed by atoms with Gasteiger partial charge in [0.25, 0.3) is 0 Å². The van der Waals surface area contributed by atoms with Gasteiger partial charge in [0.1, 0.15) is 0 Å². The Morgan fingerprint density at radius 3 is 2.05 bits per heavy atom. The van der Waals surface area contributed by atoms with E-state index < -0.39 is 10.0 Å². The fourth-order valence-electron chi connectivity index (χ4n) is 2.64. The van der Waals surface area contributed by atoms with Crippen LogP contribution in [0.25, 0.3) is 0 Å². The molecule has 0 aliphatic carbocycles. The lowest BCUT2D eigenvalue weighted by molar-refractivity contribution is 0.173. The molecule has 5 heteroatoms. The lowest BCUT2D eigenvalue weighted by Crippen LogP contribution is -2.46. The molecule has 0 saturated heterocycles. The molecule has 0 aromatic carbocycles. The van der Waals surface area contributed by atoms with Gasteiger partial charge in [-0.3, -0.25) is 0 Å². The number of hydrogen-bond donors (Lipinski definition) is 1. The molecule has 0 bridgehead atoms. The first kappa shape index (κ1) is 18.9. The van der Waals surface area contributed by atoms with Crippen LogP contribution in [0.15, 0.2) is 0 Å². The Morgan fingerprint density at radius 1 is 1.21 bits per heavy atom. The minimum Gasteiger partial charge on any atom is -0.301 e. The van der Waals surface area contributed by atoms with Crippen molar-refractivity contribution in [3.8, 4) is 0 Å². The molecule has 0 aliphatic heterocycles. The Kier molecular flexibility index (Phi) is 7.55. The summed E-state index contributed by atoms with van der Waals surface area (Å²) in [7, 11) is -3.15. The molecule has 0 aromatic heterocycles. The zero-order valence-corrected chi connectivity index (χ0v) is 14.5. The molecule has 0 aromatic rings. The van der Waals surface area contributed by atoms with E-state index in [4.69, 9.17) is 0 Å². The molecule has 0 aliphatic rings. The maximum Gasteiger partial charge on any atom is 0.209 e. The summed E-state index contributed by atoms with van der Waals surface area (Å²) in [6, 6.07) is 0.532. The molecular formula is C14H32N2O2S. The van der Waals surface area contributed by atoms with Crippen LogP contribution in [0.1, 0.15) is 54.4 Å². The minimum atomic E-state index is -3.15. The standard InChI is InChI=1S/C14H32N2O2S/c1-8-13(11-16(9-2)12(3)4)10-14(5,6)15-19(7,17)18/h12-13,15H,8-11H2,1-7H3. The minimum absolute atomic E-state index is 0.384. The summed E-state index contributed by atoms with van der Waals surface area (Å²) in [5.74, 6) is 0.506. The van der Waals surface area contributed by atoms with Crippen LogP contribution in [0.5, 0.6) is 0 Å². The lowest BCUT2D eigenvalue weighted by atomic mass is 9.89. The van der Waals surface area contributed by atoms with Crippen LogP contribution in [0, 0.1) is 5.92 Å². The predicted octanol–water partition coefficient (Wildman–Crippen LogP) is 2.46. The summed E-state index contributed by atoms with van der Waals surface area (Å²) in [5, 5.41) is 0. The monoisotopic (exact) mass is 292 g/mol. The highest BCUT2D eigenvalue weighted by atomic mass is 32.2. The van der Waals surface area contributed by atoms with Crippen molar-refractivity contribution < 1.29 is 8.42 Å². The smallest absolute Gasteiger partial charge is 0.209 e. The number of nitrogens with zero attached hydrogens (tertiary/aromatic N) is 1. The van der Waals surface area contributed by atoms with E-state index in [1.165, 1.54) is 6.26 Å². The summed E-state index contributed by atoms with van der Waals surface area (Å²) in [5.41, 5.74) is -0.384. The Bertz CT molecular complexity index is 350. The first-order valence-corrected chi connectivity index (χ1v) is 9.12. The van der Waals surface area contributed by atoms with Crippen molar-refractivity contribution in [2.45, 2.75) is 66.0 Å². The first-order valence-electron chi connectivity index (χ1n) is 7.23. The quantitative estimate of drug-likeness (QED) is 0.710. The van der Waals surface area contributed by atoms with E-state index >= 15 is 0 Å². The average molecular weight is 292 g/mol. The second-order valence-electron chi connectivity index (χ2n) is 6.42. The van der Waals surface area contributed by atoms with Gasteiger partial charge in [0, 0.05) is 18.1 Å². The fraction of sp³-hybridized carbons (Fsp3) is 1.00. The van der Waals surface area contributed by atoms with E-state index in [1.807, 2.05) is 13.8 Å². The van der Waals surface area contributed by atoms with Gasteiger partial charge in [-0.1, -0.05) is 20.3 Å². The topological polar surface area (TPSA) is 49.4 Å². The summed E-state index contributed by atoms with van der Waals surface area (Å²) in [6.45, 7) is 14.7.